The Morgan fingerprint density at radius 2 is 0.947 bits per heavy atom. The van der Waals surface area contributed by atoms with Crippen molar-refractivity contribution >= 4 is 13.7 Å². The zero-order valence-corrected chi connectivity index (χ0v) is 27.6. The van der Waals surface area contributed by atoms with Crippen LogP contribution < -0.4 is 33.3 Å². The maximum Gasteiger partial charge on any atom is 0.342 e. The summed E-state index contributed by atoms with van der Waals surface area (Å²) in [5.74, 6) is 0.224. The van der Waals surface area contributed by atoms with Crippen LogP contribution in [0.1, 0.15) is 119 Å². The Hall–Kier alpha value is -0.800. The van der Waals surface area contributed by atoms with Gasteiger partial charge in [0, 0.05) is 39.3 Å². The Morgan fingerprint density at radius 3 is 1.21 bits per heavy atom. The number of rotatable bonds is 23. The van der Waals surface area contributed by atoms with E-state index in [4.69, 9.17) is 0 Å². The quantitative estimate of drug-likeness (QED) is 0.161. The summed E-state index contributed by atoms with van der Waals surface area (Å²) in [7, 11) is -2.42. The smallest absolute Gasteiger partial charge is 0.342 e. The molecule has 1 heterocycles. The fourth-order valence-electron chi connectivity index (χ4n) is 4.53. The van der Waals surface area contributed by atoms with E-state index >= 15 is 0 Å². The van der Waals surface area contributed by atoms with E-state index in [1.54, 1.807) is 0 Å². The number of anilines is 1. The van der Waals surface area contributed by atoms with Gasteiger partial charge >= 0.3 is 13.6 Å². The molecule has 0 spiro atoms. The third-order valence-corrected chi connectivity index (χ3v) is 10.8. The maximum absolute atomic E-state index is 13.0. The predicted octanol–water partition coefficient (Wildman–Crippen LogP) is 3.26. The number of hydrogen-bond acceptors (Lipinski definition) is 7. The first-order valence-electron chi connectivity index (χ1n) is 15.1. The molecule has 0 aromatic carbocycles. The highest BCUT2D eigenvalue weighted by molar-refractivity contribution is 7.70. The van der Waals surface area contributed by atoms with Crippen LogP contribution in [0.2, 0.25) is 0 Å². The zero-order chi connectivity index (χ0) is 27.5. The average Bonchev–Trinajstić information content (AvgIpc) is 2.89. The molecule has 38 heavy (non-hydrogen) atoms. The first-order chi connectivity index (χ1) is 17.9. The Labute approximate surface area is 243 Å². The maximum atomic E-state index is 13.0. The zero-order valence-electron chi connectivity index (χ0n) is 25.2. The van der Waals surface area contributed by atoms with Crippen LogP contribution in [-0.2, 0) is 0 Å². The molecule has 0 saturated heterocycles. The molecule has 0 amide bonds. The summed E-state index contributed by atoms with van der Waals surface area (Å²) < 4.78 is 8.05. The summed E-state index contributed by atoms with van der Waals surface area (Å²) in [6.07, 6.45) is 13.3. The summed E-state index contributed by atoms with van der Waals surface area (Å²) in [5, 5.41) is 10.5. The lowest BCUT2D eigenvalue weighted by molar-refractivity contribution is -0.00000886. The Morgan fingerprint density at radius 1 is 0.632 bits per heavy atom. The molecule has 0 aliphatic heterocycles. The lowest BCUT2D eigenvalue weighted by Crippen LogP contribution is -3.00. The van der Waals surface area contributed by atoms with Crippen molar-refractivity contribution in [3.63, 3.8) is 0 Å². The van der Waals surface area contributed by atoms with Gasteiger partial charge in [0.25, 0.3) is 5.56 Å². The molecule has 0 aliphatic carbocycles. The molecule has 9 nitrogen and oxygen atoms in total. The van der Waals surface area contributed by atoms with Crippen molar-refractivity contribution in [3.05, 3.63) is 20.8 Å². The fraction of sp³-hybridized carbons (Fsp3) is 0.889. The molecule has 0 atom stereocenters. The van der Waals surface area contributed by atoms with E-state index in [0.717, 1.165) is 116 Å². The van der Waals surface area contributed by atoms with Gasteiger partial charge < -0.3 is 17.0 Å². The standard InChI is InChI=1S/C27H56N7O2P.BrH/c1-7-13-19-32(20-14-8-2)37(33(21-15-9-3)22-16-10-4,34(23-17-11-5)24-18-12-6)31-25-26(35)28-27(36)30-29-25;/h7-24H2,1-6H3,(H2-,28,29,30,31,35,36);1H. The number of aromatic amines is 2. The minimum atomic E-state index is -2.42. The molecule has 0 fully saturated rings. The van der Waals surface area contributed by atoms with Gasteiger partial charge in [0.1, 0.15) is 0 Å². The van der Waals surface area contributed by atoms with E-state index in [2.05, 4.69) is 75.8 Å². The normalized spacial score (nSPS) is 11.9. The van der Waals surface area contributed by atoms with Gasteiger partial charge in [-0.05, 0) is 38.5 Å². The molecule has 1 aromatic heterocycles. The third-order valence-electron chi connectivity index (χ3n) is 6.77. The second kappa shape index (κ2) is 22.0. The first kappa shape index (κ1) is 37.2. The van der Waals surface area contributed by atoms with E-state index < -0.39 is 19.1 Å². The second-order valence-electron chi connectivity index (χ2n) is 10.0. The summed E-state index contributed by atoms with van der Waals surface area (Å²) >= 11 is 0. The Kier molecular flexibility index (Phi) is 21.5. The molecule has 0 radical (unpaired) electrons. The minimum absolute atomic E-state index is 0. The third kappa shape index (κ3) is 11.7. The van der Waals surface area contributed by atoms with E-state index in [1.165, 1.54) is 0 Å². The first-order valence-corrected chi connectivity index (χ1v) is 16.7. The number of nitrogens with zero attached hydrogens (tertiary/aromatic N) is 4. The topological polar surface area (TPSA) is 100 Å². The fourth-order valence-corrected chi connectivity index (χ4v) is 8.99. The van der Waals surface area contributed by atoms with Crippen LogP contribution in [0.4, 0.5) is 5.82 Å². The van der Waals surface area contributed by atoms with Crippen LogP contribution in [-0.4, -0.2) is 68.5 Å². The molecule has 0 unspecified atom stereocenters. The van der Waals surface area contributed by atoms with E-state index in [-0.39, 0.29) is 22.8 Å². The van der Waals surface area contributed by atoms with Crippen LogP contribution in [0.25, 0.3) is 0 Å². The molecule has 1 aromatic rings. The second-order valence-corrected chi connectivity index (χ2v) is 13.1. The van der Waals surface area contributed by atoms with Crippen molar-refractivity contribution in [2.45, 2.75) is 119 Å². The van der Waals surface area contributed by atoms with Gasteiger partial charge in [-0.15, -0.1) is 19.1 Å². The Balaban J connectivity index is 0.0000137. The number of hydrogen-bond donors (Lipinski definition) is 3. The van der Waals surface area contributed by atoms with Crippen LogP contribution in [0.5, 0.6) is 0 Å². The molecule has 224 valence electrons. The van der Waals surface area contributed by atoms with Gasteiger partial charge in [-0.3, -0.25) is 9.78 Å². The number of aromatic nitrogens is 3. The molecule has 0 saturated carbocycles. The highest BCUT2D eigenvalue weighted by atomic mass is 79.9. The van der Waals surface area contributed by atoms with Gasteiger partial charge in [-0.2, -0.15) is 5.09 Å². The van der Waals surface area contributed by atoms with Crippen molar-refractivity contribution in [1.29, 1.82) is 0 Å². The highest BCUT2D eigenvalue weighted by Crippen LogP contribution is 2.67. The van der Waals surface area contributed by atoms with Crippen molar-refractivity contribution in [2.75, 3.05) is 44.4 Å². The van der Waals surface area contributed by atoms with Crippen LogP contribution in [0.3, 0.4) is 0 Å². The number of unbranched alkanes of at least 4 members (excludes halogenated alkanes) is 6. The minimum Gasteiger partial charge on any atom is -1.00 e. The summed E-state index contributed by atoms with van der Waals surface area (Å²) in [6.45, 7) is 19.3. The molecular formula is C27H57BrN7O2P. The van der Waals surface area contributed by atoms with Gasteiger partial charge in [-0.25, -0.2) is 9.89 Å². The average molecular weight is 623 g/mol. The lowest BCUT2D eigenvalue weighted by atomic mass is 10.3. The van der Waals surface area contributed by atoms with Gasteiger partial charge in [0.05, 0.1) is 0 Å². The van der Waals surface area contributed by atoms with Crippen molar-refractivity contribution in [3.8, 4) is 0 Å². The van der Waals surface area contributed by atoms with Crippen LogP contribution in [0, 0.1) is 0 Å². The molecule has 1 rings (SSSR count). The van der Waals surface area contributed by atoms with Gasteiger partial charge in [0.15, 0.2) is 0 Å². The number of nitrogens with one attached hydrogen (secondary N) is 3. The summed E-state index contributed by atoms with van der Waals surface area (Å²) in [5.41, 5.74) is -1.02. The van der Waals surface area contributed by atoms with E-state index in [9.17, 15) is 9.59 Å². The highest BCUT2D eigenvalue weighted by Gasteiger charge is 2.57. The number of halogens is 1. The van der Waals surface area contributed by atoms with Crippen LogP contribution >= 0.6 is 7.87 Å². The van der Waals surface area contributed by atoms with Crippen molar-refractivity contribution in [2.24, 2.45) is 0 Å². The van der Waals surface area contributed by atoms with Crippen LogP contribution in [0.15, 0.2) is 9.59 Å². The lowest BCUT2D eigenvalue weighted by Gasteiger charge is -2.47. The predicted molar refractivity (Wildman–Crippen MR) is 160 cm³/mol. The molecule has 11 heteroatoms. The van der Waals surface area contributed by atoms with Gasteiger partial charge in [0.2, 0.25) is 5.82 Å². The Bertz CT molecular complexity index is 749. The molecule has 0 bridgehead atoms. The molecular weight excluding hydrogens is 565 g/mol. The summed E-state index contributed by atoms with van der Waals surface area (Å²) in [6, 6.07) is 0. The van der Waals surface area contributed by atoms with Gasteiger partial charge in [-0.1, -0.05) is 80.1 Å². The SMILES string of the molecule is CCCCN(CCCC)[P+](Nc1n[nH]c(=O)[nH]c1=O)(N(CCCC)CCCC)N(CCCC)CCCC.[Br-]. The van der Waals surface area contributed by atoms with E-state index in [1.807, 2.05) is 0 Å². The van der Waals surface area contributed by atoms with Crippen molar-refractivity contribution < 1.29 is 17.0 Å². The van der Waals surface area contributed by atoms with E-state index in [0.29, 0.717) is 0 Å². The monoisotopic (exact) mass is 621 g/mol. The van der Waals surface area contributed by atoms with Crippen molar-refractivity contribution in [1.82, 2.24) is 29.2 Å². The molecule has 0 aliphatic rings. The molecule has 3 N–H and O–H groups in total. The number of H-pyrrole nitrogens is 2. The largest absolute Gasteiger partial charge is 1.00 e. The summed E-state index contributed by atoms with van der Waals surface area (Å²) in [4.78, 5) is 27.3.